The highest BCUT2D eigenvalue weighted by molar-refractivity contribution is 9.10. The molecule has 2 bridgehead atoms. The Morgan fingerprint density at radius 3 is 2.09 bits per heavy atom. The molecule has 1 fully saturated rings. The monoisotopic (exact) mass is 487 g/mol. The highest BCUT2D eigenvalue weighted by atomic mass is 79.9. The fourth-order valence-corrected chi connectivity index (χ4v) is 6.84. The summed E-state index contributed by atoms with van der Waals surface area (Å²) in [6.45, 7) is 1.93. The van der Waals surface area contributed by atoms with E-state index in [1.54, 1.807) is 30.3 Å². The van der Waals surface area contributed by atoms with Gasteiger partial charge in [0.25, 0.3) is 0 Å². The van der Waals surface area contributed by atoms with Crippen LogP contribution < -0.4 is 4.90 Å². The number of carboxylic acid groups (broad SMARTS) is 1. The number of carboxylic acids is 1. The van der Waals surface area contributed by atoms with Crippen molar-refractivity contribution in [3.8, 4) is 0 Å². The average Bonchev–Trinajstić information content (AvgIpc) is 3.05. The Bertz CT molecular complexity index is 1320. The Morgan fingerprint density at radius 1 is 0.938 bits per heavy atom. The molecular formula is C26H18BrNO4. The lowest BCUT2D eigenvalue weighted by Gasteiger charge is -2.51. The number of rotatable bonds is 2. The van der Waals surface area contributed by atoms with E-state index in [0.717, 1.165) is 16.7 Å². The van der Waals surface area contributed by atoms with E-state index in [-0.39, 0.29) is 11.8 Å². The lowest BCUT2D eigenvalue weighted by molar-refractivity contribution is -0.149. The van der Waals surface area contributed by atoms with Crippen molar-refractivity contribution in [2.24, 2.45) is 11.8 Å². The topological polar surface area (TPSA) is 74.7 Å². The van der Waals surface area contributed by atoms with Crippen molar-refractivity contribution >= 4 is 39.4 Å². The molecule has 0 radical (unpaired) electrons. The standard InChI is InChI=1S/C26H18BrNO4/c1-13-10-11-19(18(27)12-13)28-23(29)21-20-14-6-2-4-8-16(14)26(25(31)32,22(21)24(28)30)17-9-5-3-7-15(17)20/h2-12,20-22H,1H3,(H,31,32)/t20?,21-,22-,26?/m1/s1. The summed E-state index contributed by atoms with van der Waals surface area (Å²) in [5.74, 6) is -4.03. The summed E-state index contributed by atoms with van der Waals surface area (Å²) in [5, 5.41) is 10.7. The van der Waals surface area contributed by atoms with Crippen molar-refractivity contribution in [2.45, 2.75) is 18.3 Å². The van der Waals surface area contributed by atoms with E-state index >= 15 is 0 Å². The number of imide groups is 1. The van der Waals surface area contributed by atoms with Crippen LogP contribution in [-0.4, -0.2) is 22.9 Å². The van der Waals surface area contributed by atoms with Crippen molar-refractivity contribution in [3.63, 3.8) is 0 Å². The molecule has 1 aliphatic heterocycles. The summed E-state index contributed by atoms with van der Waals surface area (Å²) >= 11 is 3.49. The van der Waals surface area contributed by atoms with Crippen LogP contribution in [-0.2, 0) is 19.8 Å². The SMILES string of the molecule is Cc1ccc(N2C(=O)[C@@H]3C4c5ccccc5C(C(=O)O)(c5ccccc54)[C@H]3C2=O)c(Br)c1. The van der Waals surface area contributed by atoms with Crippen LogP contribution in [0.1, 0.15) is 33.7 Å². The number of hydrogen-bond donors (Lipinski definition) is 1. The number of aliphatic carboxylic acids is 1. The third-order valence-electron chi connectivity index (χ3n) is 7.30. The van der Waals surface area contributed by atoms with Gasteiger partial charge in [0, 0.05) is 10.4 Å². The molecule has 1 saturated heterocycles. The van der Waals surface area contributed by atoms with Crippen molar-refractivity contribution in [2.75, 3.05) is 4.90 Å². The van der Waals surface area contributed by atoms with Gasteiger partial charge in [-0.3, -0.25) is 14.4 Å². The maximum Gasteiger partial charge on any atom is 0.319 e. The van der Waals surface area contributed by atoms with Crippen LogP contribution in [0.3, 0.4) is 0 Å². The molecule has 0 spiro atoms. The third kappa shape index (κ3) is 2.11. The van der Waals surface area contributed by atoms with Crippen LogP contribution in [0.4, 0.5) is 5.69 Å². The molecule has 3 aromatic carbocycles. The van der Waals surface area contributed by atoms with Crippen LogP contribution in [0, 0.1) is 18.8 Å². The number of benzene rings is 3. The van der Waals surface area contributed by atoms with Crippen molar-refractivity contribution in [3.05, 3.63) is 99.0 Å². The summed E-state index contributed by atoms with van der Waals surface area (Å²) in [6.07, 6.45) is 0. The first-order valence-corrected chi connectivity index (χ1v) is 11.2. The Labute approximate surface area is 192 Å². The van der Waals surface area contributed by atoms with E-state index < -0.39 is 29.1 Å². The van der Waals surface area contributed by atoms with Gasteiger partial charge < -0.3 is 5.11 Å². The molecule has 3 aliphatic carbocycles. The minimum absolute atomic E-state index is 0.343. The largest absolute Gasteiger partial charge is 0.480 e. The van der Waals surface area contributed by atoms with E-state index in [9.17, 15) is 19.5 Å². The highest BCUT2D eigenvalue weighted by Gasteiger charge is 2.71. The second kappa shape index (κ2) is 6.39. The van der Waals surface area contributed by atoms with E-state index in [1.807, 2.05) is 43.3 Å². The molecule has 5 nitrogen and oxygen atoms in total. The maximum absolute atomic E-state index is 13.9. The summed E-state index contributed by atoms with van der Waals surface area (Å²) in [7, 11) is 0. The van der Waals surface area contributed by atoms with Gasteiger partial charge in [-0.1, -0.05) is 54.6 Å². The van der Waals surface area contributed by atoms with Crippen molar-refractivity contribution < 1.29 is 19.5 Å². The molecular weight excluding hydrogens is 470 g/mol. The van der Waals surface area contributed by atoms with E-state index in [2.05, 4.69) is 15.9 Å². The number of carbonyl (C=O) groups excluding carboxylic acids is 2. The molecule has 32 heavy (non-hydrogen) atoms. The smallest absolute Gasteiger partial charge is 0.319 e. The second-order valence-corrected chi connectivity index (χ2v) is 9.59. The molecule has 1 N–H and O–H groups in total. The molecule has 6 heteroatoms. The molecule has 158 valence electrons. The summed E-state index contributed by atoms with van der Waals surface area (Å²) in [4.78, 5) is 42.1. The molecule has 7 rings (SSSR count). The number of anilines is 1. The summed E-state index contributed by atoms with van der Waals surface area (Å²) in [5.41, 5.74) is 2.70. The zero-order valence-corrected chi connectivity index (χ0v) is 18.7. The van der Waals surface area contributed by atoms with E-state index in [4.69, 9.17) is 0 Å². The van der Waals surface area contributed by atoms with E-state index in [1.165, 1.54) is 4.90 Å². The first-order chi connectivity index (χ1) is 15.4. The number of aryl methyl sites for hydroxylation is 1. The lowest BCUT2D eigenvalue weighted by atomic mass is 9.47. The first-order valence-electron chi connectivity index (χ1n) is 10.4. The van der Waals surface area contributed by atoms with Crippen LogP contribution in [0.25, 0.3) is 0 Å². The lowest BCUT2D eigenvalue weighted by Crippen LogP contribution is -2.57. The number of amides is 2. The minimum atomic E-state index is -1.61. The van der Waals surface area contributed by atoms with Gasteiger partial charge in [-0.05, 0) is 62.8 Å². The fourth-order valence-electron chi connectivity index (χ4n) is 6.17. The Hall–Kier alpha value is -3.25. The molecule has 0 saturated carbocycles. The predicted octanol–water partition coefficient (Wildman–Crippen LogP) is 4.39. The first kappa shape index (κ1) is 19.4. The Kier molecular flexibility index (Phi) is 3.88. The zero-order valence-electron chi connectivity index (χ0n) is 17.1. The second-order valence-electron chi connectivity index (χ2n) is 8.74. The molecule has 2 atom stereocenters. The molecule has 2 amide bonds. The molecule has 0 unspecified atom stereocenters. The average molecular weight is 488 g/mol. The molecule has 1 heterocycles. The Balaban J connectivity index is 1.67. The van der Waals surface area contributed by atoms with Gasteiger partial charge in [0.15, 0.2) is 0 Å². The molecule has 3 aromatic rings. The van der Waals surface area contributed by atoms with Gasteiger partial charge in [0.05, 0.1) is 17.5 Å². The summed E-state index contributed by atoms with van der Waals surface area (Å²) < 4.78 is 0.629. The van der Waals surface area contributed by atoms with Crippen molar-refractivity contribution in [1.82, 2.24) is 0 Å². The number of halogens is 1. The van der Waals surface area contributed by atoms with Gasteiger partial charge in [0.2, 0.25) is 11.8 Å². The van der Waals surface area contributed by atoms with Crippen LogP contribution in [0.15, 0.2) is 71.2 Å². The minimum Gasteiger partial charge on any atom is -0.480 e. The maximum atomic E-state index is 13.9. The summed E-state index contributed by atoms with van der Waals surface area (Å²) in [6, 6.07) is 20.1. The van der Waals surface area contributed by atoms with Gasteiger partial charge in [-0.2, -0.15) is 0 Å². The number of hydrogen-bond acceptors (Lipinski definition) is 3. The van der Waals surface area contributed by atoms with E-state index in [0.29, 0.717) is 21.3 Å². The number of carbonyl (C=O) groups is 3. The van der Waals surface area contributed by atoms with Gasteiger partial charge in [-0.25, -0.2) is 4.90 Å². The van der Waals surface area contributed by atoms with Gasteiger partial charge >= 0.3 is 5.97 Å². The van der Waals surface area contributed by atoms with Gasteiger partial charge in [0.1, 0.15) is 5.41 Å². The highest BCUT2D eigenvalue weighted by Crippen LogP contribution is 2.64. The van der Waals surface area contributed by atoms with Gasteiger partial charge in [-0.15, -0.1) is 0 Å². The predicted molar refractivity (Wildman–Crippen MR) is 121 cm³/mol. The quantitative estimate of drug-likeness (QED) is 0.543. The fraction of sp³-hybridized carbons (Fsp3) is 0.192. The Morgan fingerprint density at radius 2 is 1.53 bits per heavy atom. The molecule has 4 aliphatic rings. The van der Waals surface area contributed by atoms with Crippen LogP contribution in [0.2, 0.25) is 0 Å². The van der Waals surface area contributed by atoms with Crippen LogP contribution >= 0.6 is 15.9 Å². The third-order valence-corrected chi connectivity index (χ3v) is 7.93. The van der Waals surface area contributed by atoms with Crippen LogP contribution in [0.5, 0.6) is 0 Å². The molecule has 0 aromatic heterocycles. The zero-order chi connectivity index (χ0) is 22.4. The van der Waals surface area contributed by atoms with Crippen molar-refractivity contribution in [1.29, 1.82) is 0 Å². The number of nitrogens with zero attached hydrogens (tertiary/aromatic N) is 1. The normalized spacial score (nSPS) is 27.2.